The molecule has 0 radical (unpaired) electrons. The van der Waals surface area contributed by atoms with Gasteiger partial charge in [0.15, 0.2) is 0 Å². The number of benzene rings is 1. The van der Waals surface area contributed by atoms with Gasteiger partial charge in [-0.2, -0.15) is 0 Å². The second-order valence-corrected chi connectivity index (χ2v) is 5.77. The predicted molar refractivity (Wildman–Crippen MR) is 90.8 cm³/mol. The lowest BCUT2D eigenvalue weighted by molar-refractivity contribution is -0.139. The van der Waals surface area contributed by atoms with E-state index < -0.39 is 12.0 Å². The molecule has 0 fully saturated rings. The Morgan fingerprint density at radius 2 is 1.96 bits per heavy atom. The number of carboxylic acids is 1. The molecule has 1 aromatic heterocycles. The molecule has 0 saturated carbocycles. The van der Waals surface area contributed by atoms with Gasteiger partial charge in [0.25, 0.3) is 5.91 Å². The Labute approximate surface area is 136 Å². The van der Waals surface area contributed by atoms with Gasteiger partial charge in [-0.05, 0) is 31.4 Å². The summed E-state index contributed by atoms with van der Waals surface area (Å²) in [5, 5.41) is 12.8. The topological polar surface area (TPSA) is 71.3 Å². The van der Waals surface area contributed by atoms with Gasteiger partial charge in [0, 0.05) is 17.4 Å². The van der Waals surface area contributed by atoms with Crippen LogP contribution in [0.15, 0.2) is 24.3 Å². The Morgan fingerprint density at radius 3 is 2.57 bits per heavy atom. The number of fused-ring (bicyclic) bond motifs is 1. The minimum Gasteiger partial charge on any atom is -0.480 e. The highest BCUT2D eigenvalue weighted by Gasteiger charge is 2.24. The molecular formula is C18H24N2O3. The van der Waals surface area contributed by atoms with E-state index in [1.165, 1.54) is 0 Å². The molecule has 0 spiro atoms. The lowest BCUT2D eigenvalue weighted by atomic mass is 10.1. The van der Waals surface area contributed by atoms with Crippen molar-refractivity contribution in [1.82, 2.24) is 9.88 Å². The predicted octanol–water partition coefficient (Wildman–Crippen LogP) is 3.34. The first-order valence-corrected chi connectivity index (χ1v) is 8.12. The zero-order valence-corrected chi connectivity index (χ0v) is 13.9. The van der Waals surface area contributed by atoms with Crippen LogP contribution >= 0.6 is 0 Å². The number of carbonyl (C=O) groups excluding carboxylic acids is 1. The van der Waals surface area contributed by atoms with Crippen molar-refractivity contribution in [2.45, 2.75) is 52.6 Å². The van der Waals surface area contributed by atoms with Gasteiger partial charge in [0.1, 0.15) is 11.7 Å². The van der Waals surface area contributed by atoms with E-state index in [1.54, 1.807) is 6.92 Å². The summed E-state index contributed by atoms with van der Waals surface area (Å²) < 4.78 is 2.01. The molecule has 5 nitrogen and oxygen atoms in total. The fourth-order valence-electron chi connectivity index (χ4n) is 2.88. The van der Waals surface area contributed by atoms with Gasteiger partial charge in [-0.25, -0.2) is 4.79 Å². The van der Waals surface area contributed by atoms with Crippen LogP contribution in [0.3, 0.4) is 0 Å². The largest absolute Gasteiger partial charge is 0.480 e. The molecule has 0 aliphatic heterocycles. The summed E-state index contributed by atoms with van der Waals surface area (Å²) in [7, 11) is 0. The van der Waals surface area contributed by atoms with Crippen molar-refractivity contribution in [2.24, 2.45) is 0 Å². The molecule has 23 heavy (non-hydrogen) atoms. The SMILES string of the molecule is CCCCn1c(C(=O)NC(CC)C(=O)O)c(C)c2ccccc21. The molecular weight excluding hydrogens is 292 g/mol. The van der Waals surface area contributed by atoms with Gasteiger partial charge in [0.05, 0.1) is 0 Å². The summed E-state index contributed by atoms with van der Waals surface area (Å²) in [5.41, 5.74) is 2.49. The van der Waals surface area contributed by atoms with Crippen molar-refractivity contribution in [1.29, 1.82) is 0 Å². The van der Waals surface area contributed by atoms with Gasteiger partial charge >= 0.3 is 5.97 Å². The summed E-state index contributed by atoms with van der Waals surface area (Å²) in [6.07, 6.45) is 2.35. The minimum absolute atomic E-state index is 0.316. The number of aliphatic carboxylic acids is 1. The van der Waals surface area contributed by atoms with Crippen LogP contribution < -0.4 is 5.32 Å². The van der Waals surface area contributed by atoms with Crippen LogP contribution in [0.2, 0.25) is 0 Å². The molecule has 2 aromatic rings. The zero-order chi connectivity index (χ0) is 17.0. The average Bonchev–Trinajstić information content (AvgIpc) is 2.83. The maximum atomic E-state index is 12.7. The first kappa shape index (κ1) is 17.1. The summed E-state index contributed by atoms with van der Waals surface area (Å²) in [5.74, 6) is -1.32. The quantitative estimate of drug-likeness (QED) is 0.823. The second-order valence-electron chi connectivity index (χ2n) is 5.77. The number of nitrogens with zero attached hydrogens (tertiary/aromatic N) is 1. The van der Waals surface area contributed by atoms with E-state index in [9.17, 15) is 9.59 Å². The summed E-state index contributed by atoms with van der Waals surface area (Å²) in [6, 6.07) is 7.05. The molecule has 1 heterocycles. The number of nitrogens with one attached hydrogen (secondary N) is 1. The highest BCUT2D eigenvalue weighted by molar-refractivity contribution is 6.02. The number of para-hydroxylation sites is 1. The van der Waals surface area contributed by atoms with Crippen molar-refractivity contribution in [2.75, 3.05) is 0 Å². The fourth-order valence-corrected chi connectivity index (χ4v) is 2.88. The lowest BCUT2D eigenvalue weighted by Crippen LogP contribution is -2.41. The monoisotopic (exact) mass is 316 g/mol. The highest BCUT2D eigenvalue weighted by Crippen LogP contribution is 2.26. The van der Waals surface area contributed by atoms with E-state index in [0.717, 1.165) is 35.9 Å². The number of carboxylic acid groups (broad SMARTS) is 1. The van der Waals surface area contributed by atoms with E-state index >= 15 is 0 Å². The number of hydrogen-bond acceptors (Lipinski definition) is 2. The van der Waals surface area contributed by atoms with Gasteiger partial charge < -0.3 is 15.0 Å². The third kappa shape index (κ3) is 3.38. The van der Waals surface area contributed by atoms with Crippen LogP contribution in [0.4, 0.5) is 0 Å². The third-order valence-electron chi connectivity index (χ3n) is 4.19. The lowest BCUT2D eigenvalue weighted by Gasteiger charge is -2.15. The first-order valence-electron chi connectivity index (χ1n) is 8.12. The summed E-state index contributed by atoms with van der Waals surface area (Å²) in [4.78, 5) is 23.9. The van der Waals surface area contributed by atoms with Crippen molar-refractivity contribution >= 4 is 22.8 Å². The third-order valence-corrected chi connectivity index (χ3v) is 4.19. The molecule has 5 heteroatoms. The van der Waals surface area contributed by atoms with E-state index in [4.69, 9.17) is 5.11 Å². The Balaban J connectivity index is 2.47. The Kier molecular flexibility index (Phi) is 5.42. The van der Waals surface area contributed by atoms with Crippen LogP contribution in [-0.2, 0) is 11.3 Å². The number of rotatable bonds is 7. The van der Waals surface area contributed by atoms with E-state index in [2.05, 4.69) is 12.2 Å². The number of amides is 1. The molecule has 0 aliphatic rings. The van der Waals surface area contributed by atoms with E-state index in [0.29, 0.717) is 12.1 Å². The van der Waals surface area contributed by atoms with Crippen molar-refractivity contribution in [3.8, 4) is 0 Å². The number of aryl methyl sites for hydroxylation is 2. The van der Waals surface area contributed by atoms with Gasteiger partial charge in [-0.1, -0.05) is 38.5 Å². The fraction of sp³-hybridized carbons (Fsp3) is 0.444. The number of hydrogen-bond donors (Lipinski definition) is 2. The van der Waals surface area contributed by atoms with Crippen LogP contribution in [0.5, 0.6) is 0 Å². The Hall–Kier alpha value is -2.30. The standard InChI is InChI=1S/C18H24N2O3/c1-4-6-11-20-15-10-8-7-9-13(15)12(3)16(20)17(21)19-14(5-2)18(22)23/h7-10,14H,4-6,11H2,1-3H3,(H,19,21)(H,22,23). The smallest absolute Gasteiger partial charge is 0.326 e. The van der Waals surface area contributed by atoms with Crippen LogP contribution in [0.1, 0.15) is 49.2 Å². The Morgan fingerprint density at radius 1 is 1.26 bits per heavy atom. The normalized spacial score (nSPS) is 12.3. The molecule has 1 aromatic carbocycles. The highest BCUT2D eigenvalue weighted by atomic mass is 16.4. The molecule has 1 atom stereocenters. The Bertz CT molecular complexity index is 718. The first-order chi connectivity index (χ1) is 11.0. The van der Waals surface area contributed by atoms with Gasteiger partial charge in [-0.15, -0.1) is 0 Å². The van der Waals surface area contributed by atoms with E-state index in [1.807, 2.05) is 35.8 Å². The number of carbonyl (C=O) groups is 2. The molecule has 1 amide bonds. The summed E-state index contributed by atoms with van der Waals surface area (Å²) in [6.45, 7) is 6.52. The maximum Gasteiger partial charge on any atom is 0.326 e. The molecule has 1 unspecified atom stereocenters. The van der Waals surface area contributed by atoms with Gasteiger partial charge in [-0.3, -0.25) is 4.79 Å². The van der Waals surface area contributed by atoms with Crippen molar-refractivity contribution < 1.29 is 14.7 Å². The molecule has 0 saturated heterocycles. The second kappa shape index (κ2) is 7.31. The molecule has 0 aliphatic carbocycles. The van der Waals surface area contributed by atoms with Gasteiger partial charge in [0.2, 0.25) is 0 Å². The van der Waals surface area contributed by atoms with E-state index in [-0.39, 0.29) is 5.91 Å². The zero-order valence-electron chi connectivity index (χ0n) is 13.9. The average molecular weight is 316 g/mol. The molecule has 2 N–H and O–H groups in total. The van der Waals surface area contributed by atoms with Crippen LogP contribution in [-0.4, -0.2) is 27.6 Å². The number of unbranched alkanes of at least 4 members (excludes halogenated alkanes) is 1. The van der Waals surface area contributed by atoms with Crippen molar-refractivity contribution in [3.05, 3.63) is 35.5 Å². The molecule has 124 valence electrons. The number of aromatic nitrogens is 1. The minimum atomic E-state index is -1.00. The summed E-state index contributed by atoms with van der Waals surface area (Å²) >= 11 is 0. The van der Waals surface area contributed by atoms with Crippen LogP contribution in [0.25, 0.3) is 10.9 Å². The molecule has 0 bridgehead atoms. The maximum absolute atomic E-state index is 12.7. The van der Waals surface area contributed by atoms with Crippen LogP contribution in [0, 0.1) is 6.92 Å². The van der Waals surface area contributed by atoms with Crippen molar-refractivity contribution in [3.63, 3.8) is 0 Å². The molecule has 2 rings (SSSR count).